The van der Waals surface area contributed by atoms with Gasteiger partial charge in [-0.05, 0) is 46.5 Å². The van der Waals surface area contributed by atoms with Crippen LogP contribution >= 0.6 is 15.9 Å². The van der Waals surface area contributed by atoms with Crippen LogP contribution in [0.2, 0.25) is 0 Å². The number of rotatable bonds is 6. The molecule has 0 aliphatic heterocycles. The number of hydrogen-bond donors (Lipinski definition) is 1. The highest BCUT2D eigenvalue weighted by Gasteiger charge is 2.20. The Balaban J connectivity index is 1.75. The molecule has 2 nitrogen and oxygen atoms in total. The average molecular weight is 300 g/mol. The SMILES string of the molecule is C=C(CNC1CC1)COc1ccc(Br)c(F)c1. The van der Waals surface area contributed by atoms with E-state index in [0.717, 1.165) is 12.1 Å². The van der Waals surface area contributed by atoms with Gasteiger partial charge in [0, 0.05) is 18.7 Å². The fourth-order valence-electron chi connectivity index (χ4n) is 1.38. The Morgan fingerprint density at radius 3 is 2.94 bits per heavy atom. The summed E-state index contributed by atoms with van der Waals surface area (Å²) in [6.07, 6.45) is 2.51. The van der Waals surface area contributed by atoms with Gasteiger partial charge >= 0.3 is 0 Å². The highest BCUT2D eigenvalue weighted by Crippen LogP contribution is 2.21. The van der Waals surface area contributed by atoms with E-state index in [1.165, 1.54) is 18.9 Å². The summed E-state index contributed by atoms with van der Waals surface area (Å²) < 4.78 is 19.1. The van der Waals surface area contributed by atoms with E-state index in [2.05, 4.69) is 27.8 Å². The van der Waals surface area contributed by atoms with Crippen LogP contribution in [0.15, 0.2) is 34.8 Å². The molecule has 0 radical (unpaired) electrons. The van der Waals surface area contributed by atoms with Crippen molar-refractivity contribution in [2.75, 3.05) is 13.2 Å². The number of hydrogen-bond acceptors (Lipinski definition) is 2. The van der Waals surface area contributed by atoms with Crippen LogP contribution in [0.5, 0.6) is 5.75 Å². The first-order valence-corrected chi connectivity index (χ1v) is 6.42. The lowest BCUT2D eigenvalue weighted by Crippen LogP contribution is -2.21. The van der Waals surface area contributed by atoms with E-state index in [9.17, 15) is 4.39 Å². The van der Waals surface area contributed by atoms with Gasteiger partial charge in [-0.1, -0.05) is 6.58 Å². The van der Waals surface area contributed by atoms with Gasteiger partial charge in [-0.25, -0.2) is 4.39 Å². The summed E-state index contributed by atoms with van der Waals surface area (Å²) in [4.78, 5) is 0. The molecule has 1 aromatic carbocycles. The Morgan fingerprint density at radius 1 is 1.53 bits per heavy atom. The van der Waals surface area contributed by atoms with E-state index < -0.39 is 0 Å². The van der Waals surface area contributed by atoms with Gasteiger partial charge in [0.2, 0.25) is 0 Å². The zero-order valence-electron chi connectivity index (χ0n) is 9.51. The molecule has 0 atom stereocenters. The minimum atomic E-state index is -0.316. The first kappa shape index (κ1) is 12.6. The Morgan fingerprint density at radius 2 is 2.29 bits per heavy atom. The van der Waals surface area contributed by atoms with Gasteiger partial charge in [-0.3, -0.25) is 0 Å². The third-order valence-corrected chi connectivity index (χ3v) is 3.20. The maximum Gasteiger partial charge on any atom is 0.141 e. The molecular weight excluding hydrogens is 285 g/mol. The smallest absolute Gasteiger partial charge is 0.141 e. The van der Waals surface area contributed by atoms with Gasteiger partial charge in [0.05, 0.1) is 4.47 Å². The largest absolute Gasteiger partial charge is 0.489 e. The molecule has 1 aromatic rings. The Bertz CT molecular complexity index is 418. The van der Waals surface area contributed by atoms with Crippen LogP contribution in [0.1, 0.15) is 12.8 Å². The standard InChI is InChI=1S/C13H15BrFNO/c1-9(7-16-10-2-3-10)8-17-11-4-5-12(14)13(15)6-11/h4-6,10,16H,1-3,7-8H2. The van der Waals surface area contributed by atoms with E-state index in [4.69, 9.17) is 4.74 Å². The fraction of sp³-hybridized carbons (Fsp3) is 0.385. The maximum absolute atomic E-state index is 13.2. The molecule has 1 N–H and O–H groups in total. The third-order valence-electron chi connectivity index (χ3n) is 2.55. The van der Waals surface area contributed by atoms with E-state index in [-0.39, 0.29) is 5.82 Å². The molecule has 2 rings (SSSR count). The molecule has 1 aliphatic rings. The molecule has 0 amide bonds. The molecule has 0 unspecified atom stereocenters. The van der Waals surface area contributed by atoms with Crippen LogP contribution in [0.25, 0.3) is 0 Å². The highest BCUT2D eigenvalue weighted by molar-refractivity contribution is 9.10. The summed E-state index contributed by atoms with van der Waals surface area (Å²) in [5.41, 5.74) is 0.972. The lowest BCUT2D eigenvalue weighted by Gasteiger charge is -2.09. The molecule has 0 spiro atoms. The lowest BCUT2D eigenvalue weighted by atomic mass is 10.3. The lowest BCUT2D eigenvalue weighted by molar-refractivity contribution is 0.346. The van der Waals surface area contributed by atoms with Crippen molar-refractivity contribution in [2.24, 2.45) is 0 Å². The first-order valence-electron chi connectivity index (χ1n) is 5.63. The molecular formula is C13H15BrFNO. The van der Waals surface area contributed by atoms with Gasteiger partial charge in [-0.2, -0.15) is 0 Å². The molecule has 0 aromatic heterocycles. The molecule has 1 aliphatic carbocycles. The molecule has 0 heterocycles. The maximum atomic E-state index is 13.2. The van der Waals surface area contributed by atoms with Crippen molar-refractivity contribution in [3.8, 4) is 5.75 Å². The summed E-state index contributed by atoms with van der Waals surface area (Å²) >= 11 is 3.10. The van der Waals surface area contributed by atoms with Crippen molar-refractivity contribution >= 4 is 15.9 Å². The summed E-state index contributed by atoms with van der Waals surface area (Å²) in [5, 5.41) is 3.35. The molecule has 1 saturated carbocycles. The van der Waals surface area contributed by atoms with Gasteiger partial charge in [-0.15, -0.1) is 0 Å². The molecule has 4 heteroatoms. The number of benzene rings is 1. The van der Waals surface area contributed by atoms with E-state index in [1.54, 1.807) is 12.1 Å². The number of ether oxygens (including phenoxy) is 1. The van der Waals surface area contributed by atoms with Gasteiger partial charge < -0.3 is 10.1 Å². The predicted molar refractivity (Wildman–Crippen MR) is 69.8 cm³/mol. The van der Waals surface area contributed by atoms with Crippen molar-refractivity contribution in [3.63, 3.8) is 0 Å². The van der Waals surface area contributed by atoms with Crippen LogP contribution in [-0.2, 0) is 0 Å². The molecule has 0 bridgehead atoms. The third kappa shape index (κ3) is 4.13. The Labute approximate surface area is 109 Å². The van der Waals surface area contributed by atoms with Crippen LogP contribution < -0.4 is 10.1 Å². The van der Waals surface area contributed by atoms with Crippen molar-refractivity contribution in [1.82, 2.24) is 5.32 Å². The zero-order valence-corrected chi connectivity index (χ0v) is 11.1. The van der Waals surface area contributed by atoms with E-state index in [0.29, 0.717) is 22.9 Å². The topological polar surface area (TPSA) is 21.3 Å². The Hall–Kier alpha value is -0.870. The van der Waals surface area contributed by atoms with Crippen molar-refractivity contribution < 1.29 is 9.13 Å². The minimum absolute atomic E-state index is 0.316. The highest BCUT2D eigenvalue weighted by atomic mass is 79.9. The number of halogens is 2. The molecule has 17 heavy (non-hydrogen) atoms. The minimum Gasteiger partial charge on any atom is -0.489 e. The van der Waals surface area contributed by atoms with Gasteiger partial charge in [0.15, 0.2) is 0 Å². The quantitative estimate of drug-likeness (QED) is 0.814. The van der Waals surface area contributed by atoms with Gasteiger partial charge in [0.25, 0.3) is 0 Å². The summed E-state index contributed by atoms with van der Waals surface area (Å²) in [7, 11) is 0. The van der Waals surface area contributed by atoms with Crippen LogP contribution in [0, 0.1) is 5.82 Å². The van der Waals surface area contributed by atoms with Crippen molar-refractivity contribution in [1.29, 1.82) is 0 Å². The zero-order chi connectivity index (χ0) is 12.3. The second kappa shape index (κ2) is 5.65. The van der Waals surface area contributed by atoms with Crippen LogP contribution in [0.4, 0.5) is 4.39 Å². The normalized spacial score (nSPS) is 14.7. The monoisotopic (exact) mass is 299 g/mol. The molecule has 1 fully saturated rings. The number of nitrogens with one attached hydrogen (secondary N) is 1. The van der Waals surface area contributed by atoms with E-state index >= 15 is 0 Å². The summed E-state index contributed by atoms with van der Waals surface area (Å²) in [6.45, 7) is 5.10. The second-order valence-electron chi connectivity index (χ2n) is 4.27. The molecule has 92 valence electrons. The van der Waals surface area contributed by atoms with Crippen LogP contribution in [-0.4, -0.2) is 19.2 Å². The average Bonchev–Trinajstić information content (AvgIpc) is 3.12. The van der Waals surface area contributed by atoms with Crippen LogP contribution in [0.3, 0.4) is 0 Å². The van der Waals surface area contributed by atoms with E-state index in [1.807, 2.05) is 0 Å². The molecule has 0 saturated heterocycles. The first-order chi connectivity index (χ1) is 8.15. The fourth-order valence-corrected chi connectivity index (χ4v) is 1.63. The van der Waals surface area contributed by atoms with Crippen molar-refractivity contribution in [3.05, 3.63) is 40.6 Å². The van der Waals surface area contributed by atoms with Crippen molar-refractivity contribution in [2.45, 2.75) is 18.9 Å². The second-order valence-corrected chi connectivity index (χ2v) is 5.12. The van der Waals surface area contributed by atoms with Gasteiger partial charge in [0.1, 0.15) is 18.2 Å². The Kier molecular flexibility index (Phi) is 4.18. The summed E-state index contributed by atoms with van der Waals surface area (Å²) in [6, 6.07) is 5.40. The summed E-state index contributed by atoms with van der Waals surface area (Å²) in [5.74, 6) is 0.211. The predicted octanol–water partition coefficient (Wildman–Crippen LogP) is 3.28.